The number of likely N-dealkylation sites (tertiary alicyclic amines) is 1. The van der Waals surface area contributed by atoms with Gasteiger partial charge in [-0.05, 0) is 19.3 Å². The standard InChI is InChI=1S/C12H18N4O2/c1-9-13-14-12(18-9)15-6-2-4-10(8-15)16-7-3-5-11(16)17/h10H,2-8H2,1H3. The minimum absolute atomic E-state index is 0.295. The third-order valence-corrected chi connectivity index (χ3v) is 3.73. The van der Waals surface area contributed by atoms with E-state index in [4.69, 9.17) is 4.42 Å². The lowest BCUT2D eigenvalue weighted by Gasteiger charge is -2.36. The molecule has 0 saturated carbocycles. The van der Waals surface area contributed by atoms with E-state index in [0.717, 1.165) is 38.9 Å². The fourth-order valence-corrected chi connectivity index (χ4v) is 2.85. The maximum absolute atomic E-state index is 11.8. The van der Waals surface area contributed by atoms with Crippen molar-refractivity contribution in [3.8, 4) is 0 Å². The molecule has 98 valence electrons. The topological polar surface area (TPSA) is 62.5 Å². The Morgan fingerprint density at radius 3 is 2.83 bits per heavy atom. The Bertz CT molecular complexity index is 445. The second-order valence-electron chi connectivity index (χ2n) is 5.04. The minimum Gasteiger partial charge on any atom is -0.408 e. The Morgan fingerprint density at radius 1 is 1.28 bits per heavy atom. The average Bonchev–Trinajstić information content (AvgIpc) is 2.98. The highest BCUT2D eigenvalue weighted by Gasteiger charge is 2.32. The van der Waals surface area contributed by atoms with Gasteiger partial charge in [0.2, 0.25) is 11.8 Å². The average molecular weight is 250 g/mol. The van der Waals surface area contributed by atoms with Crippen molar-refractivity contribution in [2.24, 2.45) is 0 Å². The van der Waals surface area contributed by atoms with Gasteiger partial charge in [0, 0.05) is 39.0 Å². The van der Waals surface area contributed by atoms with E-state index in [-0.39, 0.29) is 0 Å². The van der Waals surface area contributed by atoms with E-state index in [2.05, 4.69) is 15.1 Å². The predicted molar refractivity (Wildman–Crippen MR) is 65.2 cm³/mol. The Hall–Kier alpha value is -1.59. The molecule has 1 aromatic rings. The van der Waals surface area contributed by atoms with Crippen molar-refractivity contribution in [2.45, 2.75) is 38.6 Å². The molecule has 2 fully saturated rings. The Labute approximate surface area is 106 Å². The molecule has 1 aromatic heterocycles. The van der Waals surface area contributed by atoms with E-state index in [1.165, 1.54) is 0 Å². The van der Waals surface area contributed by atoms with Crippen LogP contribution in [0.1, 0.15) is 31.6 Å². The van der Waals surface area contributed by atoms with Crippen LogP contribution in [0.2, 0.25) is 0 Å². The minimum atomic E-state index is 0.295. The van der Waals surface area contributed by atoms with Gasteiger partial charge in [0.15, 0.2) is 0 Å². The molecule has 3 rings (SSSR count). The molecule has 0 N–H and O–H groups in total. The number of rotatable bonds is 2. The molecule has 0 aliphatic carbocycles. The van der Waals surface area contributed by atoms with Crippen molar-refractivity contribution in [2.75, 3.05) is 24.5 Å². The molecule has 3 heterocycles. The predicted octanol–water partition coefficient (Wildman–Crippen LogP) is 0.969. The van der Waals surface area contributed by atoms with Crippen LogP contribution in [0.15, 0.2) is 4.42 Å². The number of aromatic nitrogens is 2. The van der Waals surface area contributed by atoms with Gasteiger partial charge in [-0.2, -0.15) is 0 Å². The van der Waals surface area contributed by atoms with Crippen LogP contribution in [0.5, 0.6) is 0 Å². The molecular weight excluding hydrogens is 232 g/mol. The summed E-state index contributed by atoms with van der Waals surface area (Å²) < 4.78 is 5.46. The van der Waals surface area contributed by atoms with E-state index in [1.54, 1.807) is 6.92 Å². The van der Waals surface area contributed by atoms with Gasteiger partial charge in [-0.1, -0.05) is 5.10 Å². The van der Waals surface area contributed by atoms with E-state index in [1.807, 2.05) is 4.90 Å². The molecule has 18 heavy (non-hydrogen) atoms. The second-order valence-corrected chi connectivity index (χ2v) is 5.04. The van der Waals surface area contributed by atoms with Crippen LogP contribution >= 0.6 is 0 Å². The number of hydrogen-bond acceptors (Lipinski definition) is 5. The summed E-state index contributed by atoms with van der Waals surface area (Å²) in [7, 11) is 0. The van der Waals surface area contributed by atoms with Crippen molar-refractivity contribution < 1.29 is 9.21 Å². The first-order chi connectivity index (χ1) is 8.74. The van der Waals surface area contributed by atoms with Crippen LogP contribution in [0, 0.1) is 6.92 Å². The van der Waals surface area contributed by atoms with Crippen molar-refractivity contribution >= 4 is 11.9 Å². The number of amides is 1. The normalized spacial score (nSPS) is 24.9. The van der Waals surface area contributed by atoms with Gasteiger partial charge in [0.1, 0.15) is 0 Å². The van der Waals surface area contributed by atoms with Crippen LogP contribution in [-0.2, 0) is 4.79 Å². The molecule has 6 nitrogen and oxygen atoms in total. The van der Waals surface area contributed by atoms with Crippen LogP contribution in [0.4, 0.5) is 6.01 Å². The zero-order valence-corrected chi connectivity index (χ0v) is 10.6. The van der Waals surface area contributed by atoms with E-state index >= 15 is 0 Å². The van der Waals surface area contributed by atoms with Crippen LogP contribution < -0.4 is 4.90 Å². The summed E-state index contributed by atoms with van der Waals surface area (Å²) in [6.07, 6.45) is 3.84. The Kier molecular flexibility index (Phi) is 2.93. The summed E-state index contributed by atoms with van der Waals surface area (Å²) in [6.45, 7) is 4.44. The number of hydrogen-bond donors (Lipinski definition) is 0. The number of carbonyl (C=O) groups excluding carboxylic acids is 1. The zero-order chi connectivity index (χ0) is 12.5. The summed E-state index contributed by atoms with van der Waals surface area (Å²) in [5, 5.41) is 7.92. The van der Waals surface area contributed by atoms with E-state index in [0.29, 0.717) is 30.3 Å². The first-order valence-electron chi connectivity index (χ1n) is 6.58. The van der Waals surface area contributed by atoms with Crippen LogP contribution in [0.3, 0.4) is 0 Å². The Morgan fingerprint density at radius 2 is 2.17 bits per heavy atom. The molecule has 0 radical (unpaired) electrons. The van der Waals surface area contributed by atoms with E-state index < -0.39 is 0 Å². The smallest absolute Gasteiger partial charge is 0.318 e. The van der Waals surface area contributed by atoms with Crippen LogP contribution in [-0.4, -0.2) is 46.7 Å². The fourth-order valence-electron chi connectivity index (χ4n) is 2.85. The molecule has 1 amide bonds. The third kappa shape index (κ3) is 2.07. The quantitative estimate of drug-likeness (QED) is 0.782. The molecule has 0 aromatic carbocycles. The molecule has 2 aliphatic heterocycles. The summed E-state index contributed by atoms with van der Waals surface area (Å²) in [5.74, 6) is 0.882. The maximum atomic E-state index is 11.8. The summed E-state index contributed by atoms with van der Waals surface area (Å²) in [6, 6.07) is 0.893. The van der Waals surface area contributed by atoms with Crippen LogP contribution in [0.25, 0.3) is 0 Å². The monoisotopic (exact) mass is 250 g/mol. The second kappa shape index (κ2) is 4.59. The largest absolute Gasteiger partial charge is 0.408 e. The van der Waals surface area contributed by atoms with Crippen molar-refractivity contribution in [1.82, 2.24) is 15.1 Å². The van der Waals surface area contributed by atoms with Gasteiger partial charge in [0.25, 0.3) is 0 Å². The molecule has 2 saturated heterocycles. The number of nitrogens with zero attached hydrogens (tertiary/aromatic N) is 4. The van der Waals surface area contributed by atoms with Gasteiger partial charge in [-0.25, -0.2) is 0 Å². The van der Waals surface area contributed by atoms with Crippen molar-refractivity contribution in [3.63, 3.8) is 0 Å². The highest BCUT2D eigenvalue weighted by Crippen LogP contribution is 2.24. The first kappa shape index (κ1) is 11.5. The SMILES string of the molecule is Cc1nnc(N2CCCC(N3CCCC3=O)C2)o1. The van der Waals surface area contributed by atoms with Crippen molar-refractivity contribution in [3.05, 3.63) is 5.89 Å². The summed E-state index contributed by atoms with van der Waals surface area (Å²) in [5.41, 5.74) is 0. The highest BCUT2D eigenvalue weighted by molar-refractivity contribution is 5.78. The number of piperidine rings is 1. The van der Waals surface area contributed by atoms with Gasteiger partial charge in [-0.15, -0.1) is 5.10 Å². The Balaban J connectivity index is 1.70. The first-order valence-corrected chi connectivity index (χ1v) is 6.58. The van der Waals surface area contributed by atoms with Gasteiger partial charge < -0.3 is 14.2 Å². The number of anilines is 1. The van der Waals surface area contributed by atoms with Crippen molar-refractivity contribution in [1.29, 1.82) is 0 Å². The molecule has 2 aliphatic rings. The lowest BCUT2D eigenvalue weighted by molar-refractivity contribution is -0.129. The summed E-state index contributed by atoms with van der Waals surface area (Å²) in [4.78, 5) is 15.9. The van der Waals surface area contributed by atoms with E-state index in [9.17, 15) is 4.79 Å². The highest BCUT2D eigenvalue weighted by atomic mass is 16.4. The summed E-state index contributed by atoms with van der Waals surface area (Å²) >= 11 is 0. The lowest BCUT2D eigenvalue weighted by atomic mass is 10.0. The number of aryl methyl sites for hydroxylation is 1. The maximum Gasteiger partial charge on any atom is 0.318 e. The molecule has 1 unspecified atom stereocenters. The molecule has 0 spiro atoms. The third-order valence-electron chi connectivity index (χ3n) is 3.73. The lowest BCUT2D eigenvalue weighted by Crippen LogP contribution is -2.48. The fraction of sp³-hybridized carbons (Fsp3) is 0.750. The molecule has 0 bridgehead atoms. The van der Waals surface area contributed by atoms with Gasteiger partial charge in [-0.3, -0.25) is 4.79 Å². The van der Waals surface area contributed by atoms with Gasteiger partial charge >= 0.3 is 6.01 Å². The molecule has 1 atom stereocenters. The molecular formula is C12H18N4O2. The number of carbonyl (C=O) groups is 1. The van der Waals surface area contributed by atoms with Gasteiger partial charge in [0.05, 0.1) is 0 Å². The molecule has 6 heteroatoms. The zero-order valence-electron chi connectivity index (χ0n) is 10.6.